The fourth-order valence-electron chi connectivity index (χ4n) is 2.70. The van der Waals surface area contributed by atoms with Crippen LogP contribution in [0.15, 0.2) is 47.1 Å². The summed E-state index contributed by atoms with van der Waals surface area (Å²) in [6.45, 7) is -0.435. The second-order valence-corrected chi connectivity index (χ2v) is 6.00. The topological polar surface area (TPSA) is 113 Å². The summed E-state index contributed by atoms with van der Waals surface area (Å²) in [5.74, 6) is 0.0465. The summed E-state index contributed by atoms with van der Waals surface area (Å²) in [6, 6.07) is 9.80. The Morgan fingerprint density at radius 2 is 1.70 bits per heavy atom. The number of hydrogen-bond acceptors (Lipinski definition) is 8. The average Bonchev–Trinajstić information content (AvgIpc) is 3.12. The number of carbonyl (C=O) groups excluding carboxylic acids is 1. The third kappa shape index (κ3) is 4.52. The monoisotopic (exact) mass is 413 g/mol. The molecule has 0 aromatic heterocycles. The SMILES string of the molecule is COc1cc(C2=N/C(=C\c3ccc(OCC(=O)O)cc3)C(=O)O2)cc(OC)c1OC. The summed E-state index contributed by atoms with van der Waals surface area (Å²) >= 11 is 0. The molecule has 1 aliphatic rings. The molecule has 0 bridgehead atoms. The Morgan fingerprint density at radius 1 is 1.07 bits per heavy atom. The van der Waals surface area contributed by atoms with Gasteiger partial charge in [-0.05, 0) is 35.9 Å². The molecule has 0 saturated heterocycles. The predicted molar refractivity (Wildman–Crippen MR) is 106 cm³/mol. The third-order valence-corrected chi connectivity index (χ3v) is 4.08. The van der Waals surface area contributed by atoms with Gasteiger partial charge in [-0.1, -0.05) is 12.1 Å². The quantitative estimate of drug-likeness (QED) is 0.519. The van der Waals surface area contributed by atoms with Crippen LogP contribution in [0.1, 0.15) is 11.1 Å². The van der Waals surface area contributed by atoms with Gasteiger partial charge in [0.15, 0.2) is 23.8 Å². The number of esters is 1. The van der Waals surface area contributed by atoms with Gasteiger partial charge in [-0.15, -0.1) is 0 Å². The molecule has 9 heteroatoms. The molecule has 0 aliphatic carbocycles. The summed E-state index contributed by atoms with van der Waals surface area (Å²) in [6.07, 6.45) is 1.55. The molecular weight excluding hydrogens is 394 g/mol. The number of aliphatic carboxylic acids is 1. The predicted octanol–water partition coefficient (Wildman–Crippen LogP) is 2.52. The highest BCUT2D eigenvalue weighted by Crippen LogP contribution is 2.39. The van der Waals surface area contributed by atoms with Crippen LogP contribution >= 0.6 is 0 Å². The van der Waals surface area contributed by atoms with Crippen molar-refractivity contribution in [1.82, 2.24) is 0 Å². The minimum Gasteiger partial charge on any atom is -0.493 e. The Labute approximate surface area is 172 Å². The lowest BCUT2D eigenvalue weighted by atomic mass is 10.1. The van der Waals surface area contributed by atoms with Crippen molar-refractivity contribution in [2.75, 3.05) is 27.9 Å². The Morgan fingerprint density at radius 3 is 2.23 bits per heavy atom. The number of aliphatic imine (C=N–C) groups is 1. The van der Waals surface area contributed by atoms with Crippen LogP contribution in [0.5, 0.6) is 23.0 Å². The van der Waals surface area contributed by atoms with Gasteiger partial charge < -0.3 is 28.8 Å². The molecule has 0 spiro atoms. The highest BCUT2D eigenvalue weighted by Gasteiger charge is 2.26. The Kier molecular flexibility index (Phi) is 6.21. The first-order chi connectivity index (χ1) is 14.4. The minimum atomic E-state index is -1.07. The molecule has 1 aliphatic heterocycles. The maximum atomic E-state index is 12.3. The van der Waals surface area contributed by atoms with Crippen molar-refractivity contribution in [2.45, 2.75) is 0 Å². The summed E-state index contributed by atoms with van der Waals surface area (Å²) < 4.78 is 26.3. The van der Waals surface area contributed by atoms with E-state index in [1.54, 1.807) is 42.5 Å². The van der Waals surface area contributed by atoms with Crippen molar-refractivity contribution >= 4 is 23.9 Å². The van der Waals surface area contributed by atoms with Gasteiger partial charge in [0, 0.05) is 5.56 Å². The van der Waals surface area contributed by atoms with E-state index in [0.717, 1.165) is 0 Å². The van der Waals surface area contributed by atoms with E-state index in [0.29, 0.717) is 34.1 Å². The second kappa shape index (κ2) is 8.99. The fraction of sp³-hybridized carbons (Fsp3) is 0.190. The van der Waals surface area contributed by atoms with Gasteiger partial charge >= 0.3 is 11.9 Å². The van der Waals surface area contributed by atoms with Crippen molar-refractivity contribution in [3.8, 4) is 23.0 Å². The second-order valence-electron chi connectivity index (χ2n) is 6.00. The van der Waals surface area contributed by atoms with E-state index < -0.39 is 18.5 Å². The number of carboxylic acids is 1. The first kappa shape index (κ1) is 20.7. The molecule has 0 unspecified atom stereocenters. The molecule has 2 aromatic carbocycles. The van der Waals surface area contributed by atoms with Crippen molar-refractivity contribution in [1.29, 1.82) is 0 Å². The van der Waals surface area contributed by atoms with Crippen LogP contribution in [-0.2, 0) is 14.3 Å². The third-order valence-electron chi connectivity index (χ3n) is 4.08. The molecule has 1 N–H and O–H groups in total. The van der Waals surface area contributed by atoms with Crippen LogP contribution < -0.4 is 18.9 Å². The molecule has 3 rings (SSSR count). The minimum absolute atomic E-state index is 0.104. The number of methoxy groups -OCH3 is 3. The number of benzene rings is 2. The summed E-state index contributed by atoms with van der Waals surface area (Å²) in [4.78, 5) is 27.1. The molecule has 1 heterocycles. The number of rotatable bonds is 8. The van der Waals surface area contributed by atoms with Gasteiger partial charge in [-0.2, -0.15) is 0 Å². The van der Waals surface area contributed by atoms with Crippen molar-refractivity contribution in [2.24, 2.45) is 4.99 Å². The van der Waals surface area contributed by atoms with E-state index in [-0.39, 0.29) is 11.6 Å². The van der Waals surface area contributed by atoms with Gasteiger partial charge in [0.05, 0.1) is 21.3 Å². The van der Waals surface area contributed by atoms with E-state index in [1.807, 2.05) is 0 Å². The van der Waals surface area contributed by atoms with Crippen LogP contribution in [0.4, 0.5) is 0 Å². The van der Waals surface area contributed by atoms with Crippen molar-refractivity contribution in [3.05, 3.63) is 53.2 Å². The van der Waals surface area contributed by atoms with Gasteiger partial charge in [0.1, 0.15) is 5.75 Å². The average molecular weight is 413 g/mol. The molecule has 30 heavy (non-hydrogen) atoms. The van der Waals surface area contributed by atoms with Crippen LogP contribution in [0, 0.1) is 0 Å². The van der Waals surface area contributed by atoms with Crippen LogP contribution in [0.2, 0.25) is 0 Å². The molecule has 0 fully saturated rings. The molecular formula is C21H19NO8. The highest BCUT2D eigenvalue weighted by molar-refractivity contribution is 6.13. The van der Waals surface area contributed by atoms with E-state index in [1.165, 1.54) is 21.3 Å². The van der Waals surface area contributed by atoms with Crippen molar-refractivity contribution < 1.29 is 38.4 Å². The zero-order chi connectivity index (χ0) is 21.7. The molecule has 0 atom stereocenters. The molecule has 0 saturated carbocycles. The lowest BCUT2D eigenvalue weighted by Crippen LogP contribution is -2.09. The van der Waals surface area contributed by atoms with Gasteiger partial charge in [0.25, 0.3) is 0 Å². The molecule has 9 nitrogen and oxygen atoms in total. The normalized spacial score (nSPS) is 14.2. The molecule has 2 aromatic rings. The van der Waals surface area contributed by atoms with Gasteiger partial charge in [0.2, 0.25) is 11.6 Å². The Balaban J connectivity index is 1.87. The maximum absolute atomic E-state index is 12.3. The standard InChI is InChI=1S/C21H19NO8/c1-26-16-9-13(10-17(27-2)19(16)28-3)20-22-15(21(25)30-20)8-12-4-6-14(7-5-12)29-11-18(23)24/h4-10H,11H2,1-3H3,(H,23,24)/b15-8-. The number of hydrogen-bond donors (Lipinski definition) is 1. The maximum Gasteiger partial charge on any atom is 0.363 e. The molecule has 0 radical (unpaired) electrons. The van der Waals surface area contributed by atoms with Crippen LogP contribution in [0.3, 0.4) is 0 Å². The first-order valence-corrected chi connectivity index (χ1v) is 8.72. The lowest BCUT2D eigenvalue weighted by molar-refractivity contribution is -0.139. The smallest absolute Gasteiger partial charge is 0.363 e. The zero-order valence-corrected chi connectivity index (χ0v) is 16.5. The number of carbonyl (C=O) groups is 2. The number of nitrogens with zero attached hydrogens (tertiary/aromatic N) is 1. The summed E-state index contributed by atoms with van der Waals surface area (Å²) in [5.41, 5.74) is 1.26. The first-order valence-electron chi connectivity index (χ1n) is 8.72. The number of carboxylic acid groups (broad SMARTS) is 1. The van der Waals surface area contributed by atoms with E-state index in [2.05, 4.69) is 4.99 Å². The van der Waals surface area contributed by atoms with Gasteiger partial charge in [-0.3, -0.25) is 0 Å². The summed E-state index contributed by atoms with van der Waals surface area (Å²) in [5, 5.41) is 8.64. The zero-order valence-electron chi connectivity index (χ0n) is 16.5. The fourth-order valence-corrected chi connectivity index (χ4v) is 2.70. The van der Waals surface area contributed by atoms with E-state index >= 15 is 0 Å². The van der Waals surface area contributed by atoms with E-state index in [9.17, 15) is 9.59 Å². The highest BCUT2D eigenvalue weighted by atomic mass is 16.6. The molecule has 156 valence electrons. The largest absolute Gasteiger partial charge is 0.493 e. The Hall–Kier alpha value is -4.01. The Bertz CT molecular complexity index is 999. The van der Waals surface area contributed by atoms with Crippen molar-refractivity contribution in [3.63, 3.8) is 0 Å². The van der Waals surface area contributed by atoms with Crippen LogP contribution in [0.25, 0.3) is 6.08 Å². The number of cyclic esters (lactones) is 1. The lowest BCUT2D eigenvalue weighted by Gasteiger charge is -2.13. The molecule has 0 amide bonds. The number of ether oxygens (including phenoxy) is 5. The van der Waals surface area contributed by atoms with E-state index in [4.69, 9.17) is 28.8 Å². The van der Waals surface area contributed by atoms with Crippen LogP contribution in [-0.4, -0.2) is 50.9 Å². The van der Waals surface area contributed by atoms with Gasteiger partial charge in [-0.25, -0.2) is 14.6 Å². The summed E-state index contributed by atoms with van der Waals surface area (Å²) in [7, 11) is 4.46.